The van der Waals surface area contributed by atoms with Crippen LogP contribution in [-0.2, 0) is 19.5 Å². The highest BCUT2D eigenvalue weighted by molar-refractivity contribution is 5.90. The first-order valence-electron chi connectivity index (χ1n) is 10.7. The number of hydrogen-bond donors (Lipinski definition) is 1. The number of nitrogens with one attached hydrogen (secondary N) is 1. The molecule has 2 aromatic heterocycles. The highest BCUT2D eigenvalue weighted by Gasteiger charge is 2.20. The number of unbranched alkanes of at least 4 members (excludes halogenated alkanes) is 5. The SMILES string of the molecule is CCCCCCCCn1c2c(c3cc(-c4ccncc4F)ccc31)CNCC2. The van der Waals surface area contributed by atoms with Crippen molar-refractivity contribution in [1.82, 2.24) is 14.9 Å². The lowest BCUT2D eigenvalue weighted by Gasteiger charge is -2.17. The molecular weight excluding hydrogens is 349 g/mol. The van der Waals surface area contributed by atoms with Crippen LogP contribution >= 0.6 is 0 Å². The van der Waals surface area contributed by atoms with Gasteiger partial charge in [0.1, 0.15) is 5.82 Å². The lowest BCUT2D eigenvalue weighted by Crippen LogP contribution is -2.24. The Kier molecular flexibility index (Phi) is 6.06. The van der Waals surface area contributed by atoms with Crippen molar-refractivity contribution in [3.05, 3.63) is 53.7 Å². The fraction of sp³-hybridized carbons (Fsp3) is 0.458. The van der Waals surface area contributed by atoms with Gasteiger partial charge in [0.25, 0.3) is 0 Å². The fourth-order valence-corrected chi connectivity index (χ4v) is 4.46. The molecule has 1 aromatic carbocycles. The van der Waals surface area contributed by atoms with Crippen LogP contribution in [0.3, 0.4) is 0 Å². The third kappa shape index (κ3) is 3.83. The summed E-state index contributed by atoms with van der Waals surface area (Å²) >= 11 is 0. The van der Waals surface area contributed by atoms with Crippen LogP contribution < -0.4 is 5.32 Å². The molecule has 0 amide bonds. The maximum Gasteiger partial charge on any atom is 0.149 e. The normalized spacial score (nSPS) is 13.8. The molecule has 0 aliphatic carbocycles. The first-order chi connectivity index (χ1) is 13.8. The van der Waals surface area contributed by atoms with Gasteiger partial charge in [0.05, 0.1) is 6.20 Å². The lowest BCUT2D eigenvalue weighted by atomic mass is 10.0. The van der Waals surface area contributed by atoms with Crippen LogP contribution in [0.25, 0.3) is 22.0 Å². The number of rotatable bonds is 8. The molecule has 0 fully saturated rings. The predicted octanol–water partition coefficient (Wildman–Crippen LogP) is 5.85. The molecule has 28 heavy (non-hydrogen) atoms. The first-order valence-corrected chi connectivity index (χ1v) is 10.7. The lowest BCUT2D eigenvalue weighted by molar-refractivity contribution is 0.541. The van der Waals surface area contributed by atoms with E-state index in [0.29, 0.717) is 5.56 Å². The van der Waals surface area contributed by atoms with Gasteiger partial charge in [0.15, 0.2) is 0 Å². The van der Waals surface area contributed by atoms with Gasteiger partial charge in [0.2, 0.25) is 0 Å². The summed E-state index contributed by atoms with van der Waals surface area (Å²) in [5.74, 6) is -0.264. The molecule has 4 rings (SSSR count). The number of aryl methyl sites for hydroxylation is 1. The van der Waals surface area contributed by atoms with Gasteiger partial charge in [-0.15, -0.1) is 0 Å². The highest BCUT2D eigenvalue weighted by Crippen LogP contribution is 2.33. The quantitative estimate of drug-likeness (QED) is 0.498. The second-order valence-electron chi connectivity index (χ2n) is 7.86. The summed E-state index contributed by atoms with van der Waals surface area (Å²) in [5, 5.41) is 4.78. The Morgan fingerprint density at radius 3 is 2.82 bits per heavy atom. The largest absolute Gasteiger partial charge is 0.344 e. The summed E-state index contributed by atoms with van der Waals surface area (Å²) in [6, 6.07) is 8.16. The van der Waals surface area contributed by atoms with Gasteiger partial charge >= 0.3 is 0 Å². The Morgan fingerprint density at radius 2 is 1.96 bits per heavy atom. The molecule has 3 heterocycles. The summed E-state index contributed by atoms with van der Waals surface area (Å²) in [6.45, 7) is 5.28. The zero-order chi connectivity index (χ0) is 19.3. The fourth-order valence-electron chi connectivity index (χ4n) is 4.46. The van der Waals surface area contributed by atoms with Crippen molar-refractivity contribution >= 4 is 10.9 Å². The van der Waals surface area contributed by atoms with E-state index in [1.807, 2.05) is 0 Å². The van der Waals surface area contributed by atoms with Crippen molar-refractivity contribution in [3.63, 3.8) is 0 Å². The second-order valence-corrected chi connectivity index (χ2v) is 7.86. The van der Waals surface area contributed by atoms with E-state index in [1.54, 1.807) is 12.3 Å². The molecule has 0 atom stereocenters. The summed E-state index contributed by atoms with van der Waals surface area (Å²) in [6.07, 6.45) is 11.9. The van der Waals surface area contributed by atoms with Gasteiger partial charge in [-0.3, -0.25) is 4.98 Å². The number of aromatic nitrogens is 2. The molecule has 3 aromatic rings. The standard InChI is InChI=1S/C24H30FN3/c1-2-3-4-5-6-7-14-28-23-9-8-18(19-10-12-27-17-22(19)25)15-20(23)21-16-26-13-11-24(21)28/h8-10,12,15,17,26H,2-7,11,13-14,16H2,1H3. The van der Waals surface area contributed by atoms with E-state index in [4.69, 9.17) is 0 Å². The van der Waals surface area contributed by atoms with Crippen molar-refractivity contribution in [2.45, 2.75) is 65.0 Å². The van der Waals surface area contributed by atoms with E-state index in [2.05, 4.69) is 40.0 Å². The van der Waals surface area contributed by atoms with Gasteiger partial charge in [-0.2, -0.15) is 0 Å². The van der Waals surface area contributed by atoms with E-state index in [9.17, 15) is 4.39 Å². The van der Waals surface area contributed by atoms with Crippen LogP contribution in [0.2, 0.25) is 0 Å². The van der Waals surface area contributed by atoms with Gasteiger partial charge in [-0.25, -0.2) is 4.39 Å². The maximum absolute atomic E-state index is 14.2. The molecule has 0 spiro atoms. The Labute approximate surface area is 167 Å². The van der Waals surface area contributed by atoms with Crippen LogP contribution in [-0.4, -0.2) is 16.1 Å². The molecule has 0 bridgehead atoms. The van der Waals surface area contributed by atoms with Crippen LogP contribution in [0.1, 0.15) is 56.7 Å². The van der Waals surface area contributed by atoms with E-state index >= 15 is 0 Å². The maximum atomic E-state index is 14.2. The molecule has 1 N–H and O–H groups in total. The number of fused-ring (bicyclic) bond motifs is 3. The zero-order valence-corrected chi connectivity index (χ0v) is 16.8. The van der Waals surface area contributed by atoms with Crippen molar-refractivity contribution in [2.75, 3.05) is 6.54 Å². The van der Waals surface area contributed by atoms with E-state index in [1.165, 1.54) is 66.9 Å². The van der Waals surface area contributed by atoms with E-state index < -0.39 is 0 Å². The number of benzene rings is 1. The molecule has 0 unspecified atom stereocenters. The second kappa shape index (κ2) is 8.87. The van der Waals surface area contributed by atoms with E-state index in [0.717, 1.165) is 31.6 Å². The van der Waals surface area contributed by atoms with Crippen LogP contribution in [0.15, 0.2) is 36.7 Å². The summed E-state index contributed by atoms with van der Waals surface area (Å²) in [5.41, 5.74) is 5.70. The molecule has 0 radical (unpaired) electrons. The predicted molar refractivity (Wildman–Crippen MR) is 114 cm³/mol. The molecule has 1 aliphatic heterocycles. The van der Waals surface area contributed by atoms with Crippen molar-refractivity contribution in [1.29, 1.82) is 0 Å². The minimum atomic E-state index is -0.264. The highest BCUT2D eigenvalue weighted by atomic mass is 19.1. The van der Waals surface area contributed by atoms with Crippen LogP contribution in [0, 0.1) is 5.82 Å². The van der Waals surface area contributed by atoms with E-state index in [-0.39, 0.29) is 5.82 Å². The molecule has 4 heteroatoms. The smallest absolute Gasteiger partial charge is 0.149 e. The minimum Gasteiger partial charge on any atom is -0.344 e. The minimum absolute atomic E-state index is 0.264. The molecule has 148 valence electrons. The van der Waals surface area contributed by atoms with Gasteiger partial charge < -0.3 is 9.88 Å². The zero-order valence-electron chi connectivity index (χ0n) is 16.8. The average Bonchev–Trinajstić information content (AvgIpc) is 3.04. The molecule has 1 aliphatic rings. The Hall–Kier alpha value is -2.20. The summed E-state index contributed by atoms with van der Waals surface area (Å²) in [4.78, 5) is 3.88. The third-order valence-electron chi connectivity index (χ3n) is 5.95. The third-order valence-corrected chi connectivity index (χ3v) is 5.95. The number of hydrogen-bond acceptors (Lipinski definition) is 2. The number of nitrogens with zero attached hydrogens (tertiary/aromatic N) is 2. The van der Waals surface area contributed by atoms with Crippen molar-refractivity contribution < 1.29 is 4.39 Å². The topological polar surface area (TPSA) is 29.9 Å². The monoisotopic (exact) mass is 379 g/mol. The Bertz CT molecular complexity index is 944. The summed E-state index contributed by atoms with van der Waals surface area (Å²) in [7, 11) is 0. The summed E-state index contributed by atoms with van der Waals surface area (Å²) < 4.78 is 16.8. The number of halogens is 1. The van der Waals surface area contributed by atoms with Crippen molar-refractivity contribution in [2.24, 2.45) is 0 Å². The van der Waals surface area contributed by atoms with Crippen LogP contribution in [0.4, 0.5) is 4.39 Å². The average molecular weight is 380 g/mol. The van der Waals surface area contributed by atoms with Gasteiger partial charge in [-0.1, -0.05) is 45.1 Å². The molecule has 0 saturated carbocycles. The van der Waals surface area contributed by atoms with Gasteiger partial charge in [0, 0.05) is 54.4 Å². The Morgan fingerprint density at radius 1 is 1.11 bits per heavy atom. The molecular formula is C24H30FN3. The molecule has 0 saturated heterocycles. The van der Waals surface area contributed by atoms with Gasteiger partial charge in [-0.05, 0) is 35.7 Å². The number of pyridine rings is 1. The van der Waals surface area contributed by atoms with Crippen LogP contribution in [0.5, 0.6) is 0 Å². The Balaban J connectivity index is 1.64. The molecule has 3 nitrogen and oxygen atoms in total. The van der Waals surface area contributed by atoms with Crippen molar-refractivity contribution in [3.8, 4) is 11.1 Å². The first kappa shape index (κ1) is 19.1.